The third-order valence-electron chi connectivity index (χ3n) is 18.0. The molecule has 11 N–H and O–H groups in total. The maximum atomic E-state index is 14.3. The number of rotatable bonds is 56. The fraction of sp³-hybridized carbons (Fsp3) is 0.928. The van der Waals surface area contributed by atoms with E-state index in [9.17, 15) is 74.9 Å². The molecule has 3 aliphatic rings. The van der Waals surface area contributed by atoms with E-state index in [4.69, 9.17) is 42.2 Å². The fourth-order valence-electron chi connectivity index (χ4n) is 12.0. The Morgan fingerprint density at radius 3 is 1.16 bits per heavy atom. The molecular weight excluding hydrogens is 1240 g/mol. The molecule has 0 radical (unpaired) electrons. The van der Waals surface area contributed by atoms with Crippen LogP contribution in [0.1, 0.15) is 278 Å². The molecule has 0 bridgehead atoms. The Labute approximate surface area is 561 Å². The maximum absolute atomic E-state index is 14.3. The third-order valence-corrected chi connectivity index (χ3v) is 19.0. The Balaban J connectivity index is 1.76. The number of phosphoric ester groups is 1. The lowest BCUT2D eigenvalue weighted by Crippen LogP contribution is -2.69. The van der Waals surface area contributed by atoms with E-state index in [2.05, 4.69) is 32.9 Å². The lowest BCUT2D eigenvalue weighted by molar-refractivity contribution is -0.360. The van der Waals surface area contributed by atoms with Gasteiger partial charge in [0.25, 0.3) is 0 Å². The largest absolute Gasteiger partial charge is 0.472 e. The van der Waals surface area contributed by atoms with Crippen molar-refractivity contribution >= 4 is 25.7 Å². The number of ether oxygens (including phenoxy) is 7. The predicted molar refractivity (Wildman–Crippen MR) is 352 cm³/mol. The first-order chi connectivity index (χ1) is 45.3. The number of carbonyl (C=O) groups is 3. The second-order valence-electron chi connectivity index (χ2n) is 26.3. The van der Waals surface area contributed by atoms with Gasteiger partial charge in [0.1, 0.15) is 98.7 Å². The Hall–Kier alpha value is -2.30. The van der Waals surface area contributed by atoms with Gasteiger partial charge in [-0.2, -0.15) is 0 Å². The molecule has 18 unspecified atom stereocenters. The van der Waals surface area contributed by atoms with Crippen LogP contribution >= 0.6 is 7.82 Å². The average molecular weight is 1370 g/mol. The van der Waals surface area contributed by atoms with Crippen LogP contribution in [0.15, 0.2) is 12.2 Å². The van der Waals surface area contributed by atoms with Crippen molar-refractivity contribution in [3.8, 4) is 0 Å². The molecule has 24 nitrogen and oxygen atoms in total. The number of allylic oxidation sites excluding steroid dienone is 2. The molecule has 2 saturated heterocycles. The molecule has 552 valence electrons. The normalized spacial score (nSPS) is 28.3. The summed E-state index contributed by atoms with van der Waals surface area (Å²) >= 11 is 0. The van der Waals surface area contributed by atoms with Crippen LogP contribution in [0, 0.1) is 0 Å². The zero-order valence-corrected chi connectivity index (χ0v) is 58.2. The van der Waals surface area contributed by atoms with E-state index in [-0.39, 0.29) is 19.3 Å². The van der Waals surface area contributed by atoms with Gasteiger partial charge in [-0.05, 0) is 44.9 Å². The standard InChI is InChI=1S/C69H127O24P/c1-4-7-10-13-16-19-22-25-27-30-33-36-39-42-45-55(73)88-50(47-85-53(71)43-40-37-34-32-29-26-23-20-17-14-11-8-5-2)48-87-94(83,84)93-67-65(91-68-63(81)58(76)56(74)51(46-70)89-68)61(79)60(78)62(80)66(67)92-69-64(82)59(77)57(75)52(90-69)49-86-54(72)44-41-38-35-31-28-24-21-18-15-12-9-6-3/h27,30,50-52,56-70,74-82H,4-26,28-29,31-49H2,1-3H3,(H,83,84)/b30-27-. The lowest BCUT2D eigenvalue weighted by Gasteiger charge is -2.49. The van der Waals surface area contributed by atoms with Crippen LogP contribution in [0.2, 0.25) is 0 Å². The van der Waals surface area contributed by atoms with Crippen molar-refractivity contribution in [2.45, 2.75) is 382 Å². The molecule has 2 aliphatic heterocycles. The summed E-state index contributed by atoms with van der Waals surface area (Å²) in [7, 11) is -5.69. The van der Waals surface area contributed by atoms with Crippen LogP contribution in [0.5, 0.6) is 0 Å². The third kappa shape index (κ3) is 35.1. The summed E-state index contributed by atoms with van der Waals surface area (Å²) in [5.74, 6) is -2.00. The molecule has 0 aromatic rings. The van der Waals surface area contributed by atoms with Crippen LogP contribution in [-0.4, -0.2) is 204 Å². The van der Waals surface area contributed by atoms with Crippen LogP contribution in [0.3, 0.4) is 0 Å². The highest BCUT2D eigenvalue weighted by Gasteiger charge is 2.58. The first-order valence-electron chi connectivity index (χ1n) is 36.5. The van der Waals surface area contributed by atoms with Crippen molar-refractivity contribution in [3.63, 3.8) is 0 Å². The van der Waals surface area contributed by atoms with Crippen molar-refractivity contribution in [3.05, 3.63) is 12.2 Å². The van der Waals surface area contributed by atoms with Gasteiger partial charge in [0.15, 0.2) is 18.7 Å². The van der Waals surface area contributed by atoms with Crippen LogP contribution in [-0.2, 0) is 61.2 Å². The SMILES string of the molecule is CCCCCCCCC/C=C\CCCCCC(=O)OC(COC(=O)CCCCCCCCCCCCCCC)COP(=O)(O)OC1C(OC2OC(CO)C(O)C(O)C2O)C(O)C(O)C(O)C1OC1OC(COC(=O)CCCCCCCCCCCCCC)C(O)C(O)C1O. The lowest BCUT2D eigenvalue weighted by atomic mass is 9.84. The Bertz CT molecular complexity index is 2010. The highest BCUT2D eigenvalue weighted by atomic mass is 31.2. The van der Waals surface area contributed by atoms with Crippen LogP contribution in [0.25, 0.3) is 0 Å². The van der Waals surface area contributed by atoms with Gasteiger partial charge in [0.05, 0.1) is 13.2 Å². The molecule has 1 saturated carbocycles. The molecular formula is C69H127O24P. The monoisotopic (exact) mass is 1370 g/mol. The van der Waals surface area contributed by atoms with Gasteiger partial charge in [-0.3, -0.25) is 23.4 Å². The molecule has 94 heavy (non-hydrogen) atoms. The van der Waals surface area contributed by atoms with E-state index in [0.717, 1.165) is 89.9 Å². The first-order valence-corrected chi connectivity index (χ1v) is 38.0. The van der Waals surface area contributed by atoms with Crippen molar-refractivity contribution in [1.29, 1.82) is 0 Å². The number of aliphatic hydroxyl groups excluding tert-OH is 10. The van der Waals surface area contributed by atoms with Crippen molar-refractivity contribution in [2.24, 2.45) is 0 Å². The highest BCUT2D eigenvalue weighted by molar-refractivity contribution is 7.47. The van der Waals surface area contributed by atoms with E-state index < -0.39 is 156 Å². The number of unbranched alkanes of at least 4 members (excludes halogenated alkanes) is 33. The minimum absolute atomic E-state index is 0.0313. The molecule has 3 rings (SSSR count). The molecule has 0 amide bonds. The smallest absolute Gasteiger partial charge is 0.463 e. The molecule has 0 spiro atoms. The zero-order valence-electron chi connectivity index (χ0n) is 57.3. The Morgan fingerprint density at radius 1 is 0.404 bits per heavy atom. The summed E-state index contributed by atoms with van der Waals surface area (Å²) < 4.78 is 64.9. The van der Waals surface area contributed by atoms with Gasteiger partial charge in [0.2, 0.25) is 0 Å². The summed E-state index contributed by atoms with van der Waals surface area (Å²) in [4.78, 5) is 50.9. The van der Waals surface area contributed by atoms with Crippen molar-refractivity contribution in [1.82, 2.24) is 0 Å². The van der Waals surface area contributed by atoms with Gasteiger partial charge in [-0.1, -0.05) is 226 Å². The van der Waals surface area contributed by atoms with Crippen LogP contribution < -0.4 is 0 Å². The number of hydrogen-bond acceptors (Lipinski definition) is 23. The molecule has 2 heterocycles. The molecule has 0 aromatic carbocycles. The predicted octanol–water partition coefficient (Wildman–Crippen LogP) is 9.18. The fourth-order valence-corrected chi connectivity index (χ4v) is 13.0. The second kappa shape index (κ2) is 51.8. The van der Waals surface area contributed by atoms with Crippen molar-refractivity contribution in [2.75, 3.05) is 26.4 Å². The molecule has 18 atom stereocenters. The molecule has 1 aliphatic carbocycles. The second-order valence-corrected chi connectivity index (χ2v) is 27.7. The summed E-state index contributed by atoms with van der Waals surface area (Å²) in [5, 5.41) is 110. The van der Waals surface area contributed by atoms with E-state index in [1.54, 1.807) is 0 Å². The van der Waals surface area contributed by atoms with Gasteiger partial charge in [-0.25, -0.2) is 4.57 Å². The zero-order chi connectivity index (χ0) is 68.9. The molecule has 0 aromatic heterocycles. The Kier molecular flexibility index (Phi) is 47.3. The van der Waals surface area contributed by atoms with E-state index in [1.807, 2.05) is 0 Å². The average Bonchev–Trinajstić information content (AvgIpc) is 0.766. The maximum Gasteiger partial charge on any atom is 0.472 e. The summed E-state index contributed by atoms with van der Waals surface area (Å²) in [6.07, 6.45) is 8.72. The quantitative estimate of drug-likeness (QED) is 0.00888. The van der Waals surface area contributed by atoms with Gasteiger partial charge in [-0.15, -0.1) is 0 Å². The highest BCUT2D eigenvalue weighted by Crippen LogP contribution is 2.49. The number of carbonyl (C=O) groups excluding carboxylic acids is 3. The van der Waals surface area contributed by atoms with E-state index in [0.29, 0.717) is 25.7 Å². The first kappa shape index (κ1) is 85.9. The van der Waals surface area contributed by atoms with Gasteiger partial charge >= 0.3 is 25.7 Å². The summed E-state index contributed by atoms with van der Waals surface area (Å²) in [5.41, 5.74) is 0. The van der Waals surface area contributed by atoms with E-state index >= 15 is 0 Å². The molecule has 3 fully saturated rings. The number of hydrogen-bond donors (Lipinski definition) is 11. The number of esters is 3. The summed E-state index contributed by atoms with van der Waals surface area (Å²) in [6, 6.07) is 0. The van der Waals surface area contributed by atoms with Crippen molar-refractivity contribution < 1.29 is 117 Å². The minimum Gasteiger partial charge on any atom is -0.463 e. The minimum atomic E-state index is -5.69. The van der Waals surface area contributed by atoms with E-state index in [1.165, 1.54) is 122 Å². The summed E-state index contributed by atoms with van der Waals surface area (Å²) in [6.45, 7) is 3.41. The topological polar surface area (TPSA) is 374 Å². The number of phosphoric acid groups is 1. The van der Waals surface area contributed by atoms with Crippen LogP contribution in [0.4, 0.5) is 0 Å². The van der Waals surface area contributed by atoms with Gasteiger partial charge in [0, 0.05) is 19.3 Å². The van der Waals surface area contributed by atoms with Gasteiger partial charge < -0.3 is 89.1 Å². The number of aliphatic hydroxyl groups is 10. The molecule has 25 heteroatoms. The Morgan fingerprint density at radius 2 is 0.745 bits per heavy atom.